The van der Waals surface area contributed by atoms with Crippen molar-refractivity contribution in [1.29, 1.82) is 0 Å². The molecule has 3 rings (SSSR count). The normalized spacial score (nSPS) is 13.1. The average Bonchev–Trinajstić information content (AvgIpc) is 3.11. The average molecular weight is 399 g/mol. The van der Waals surface area contributed by atoms with Crippen molar-refractivity contribution in [3.05, 3.63) is 66.0 Å². The Hall–Kier alpha value is -2.67. The first-order valence-corrected chi connectivity index (χ1v) is 10.1. The van der Waals surface area contributed by atoms with Crippen molar-refractivity contribution in [3.63, 3.8) is 0 Å². The lowest BCUT2D eigenvalue weighted by molar-refractivity contribution is -0.120. The molecule has 0 saturated heterocycles. The Bertz CT molecular complexity index is 927. The van der Waals surface area contributed by atoms with Gasteiger partial charge < -0.3 is 9.88 Å². The molecule has 0 aliphatic rings. The number of benzene rings is 2. The van der Waals surface area contributed by atoms with Crippen LogP contribution in [0.3, 0.4) is 0 Å². The Balaban J connectivity index is 1.68. The van der Waals surface area contributed by atoms with Crippen LogP contribution in [0.15, 0.2) is 59.8 Å². The number of amides is 1. The van der Waals surface area contributed by atoms with Crippen molar-refractivity contribution in [2.75, 3.05) is 0 Å². The number of halogens is 1. The summed E-state index contributed by atoms with van der Waals surface area (Å²) in [6.45, 7) is 6.46. The SMILES string of the molecule is CCn1c(S[C@H](C)C(=O)N[C@H](C)c2ccc(F)cc2)nnc1-c1ccccc1. The smallest absolute Gasteiger partial charge is 0.233 e. The lowest BCUT2D eigenvalue weighted by Crippen LogP contribution is -2.33. The molecule has 2 aromatic carbocycles. The molecule has 5 nitrogen and oxygen atoms in total. The van der Waals surface area contributed by atoms with E-state index >= 15 is 0 Å². The number of hydrogen-bond donors (Lipinski definition) is 1. The van der Waals surface area contributed by atoms with Gasteiger partial charge >= 0.3 is 0 Å². The Kier molecular flexibility index (Phi) is 6.46. The number of nitrogens with zero attached hydrogens (tertiary/aromatic N) is 3. The van der Waals surface area contributed by atoms with Gasteiger partial charge in [0.1, 0.15) is 5.82 Å². The van der Waals surface area contributed by atoms with E-state index in [4.69, 9.17) is 0 Å². The molecule has 1 heterocycles. The largest absolute Gasteiger partial charge is 0.349 e. The Morgan fingerprint density at radius 2 is 1.79 bits per heavy atom. The lowest BCUT2D eigenvalue weighted by atomic mass is 10.1. The zero-order valence-corrected chi connectivity index (χ0v) is 16.9. The molecular formula is C21H23FN4OS. The van der Waals surface area contributed by atoms with Gasteiger partial charge in [0.2, 0.25) is 5.91 Å². The van der Waals surface area contributed by atoms with Crippen LogP contribution >= 0.6 is 11.8 Å². The third kappa shape index (κ3) is 4.59. The summed E-state index contributed by atoms with van der Waals surface area (Å²) in [5.74, 6) is 0.394. The van der Waals surface area contributed by atoms with Crippen LogP contribution in [0, 0.1) is 5.82 Å². The van der Waals surface area contributed by atoms with Crippen molar-refractivity contribution >= 4 is 17.7 Å². The van der Waals surface area contributed by atoms with Gasteiger partial charge in [-0.1, -0.05) is 54.2 Å². The van der Waals surface area contributed by atoms with Crippen LogP contribution in [0.1, 0.15) is 32.4 Å². The van der Waals surface area contributed by atoms with Crippen LogP contribution in [0.4, 0.5) is 4.39 Å². The second-order valence-electron chi connectivity index (χ2n) is 6.46. The monoisotopic (exact) mass is 398 g/mol. The Labute approximate surface area is 168 Å². The number of rotatable bonds is 7. The molecule has 0 fully saturated rings. The van der Waals surface area contributed by atoms with E-state index in [1.165, 1.54) is 23.9 Å². The molecule has 0 unspecified atom stereocenters. The predicted octanol–water partition coefficient (Wildman–Crippen LogP) is 4.46. The van der Waals surface area contributed by atoms with Gasteiger partial charge in [0.25, 0.3) is 0 Å². The molecule has 1 aromatic heterocycles. The summed E-state index contributed by atoms with van der Waals surface area (Å²) in [4.78, 5) is 12.6. The molecule has 0 saturated carbocycles. The Morgan fingerprint density at radius 3 is 2.43 bits per heavy atom. The van der Waals surface area contributed by atoms with E-state index in [1.807, 2.05) is 55.7 Å². The van der Waals surface area contributed by atoms with Crippen LogP contribution < -0.4 is 5.32 Å². The fourth-order valence-electron chi connectivity index (χ4n) is 2.84. The van der Waals surface area contributed by atoms with Crippen LogP contribution in [-0.2, 0) is 11.3 Å². The predicted molar refractivity (Wildman–Crippen MR) is 109 cm³/mol. The van der Waals surface area contributed by atoms with E-state index < -0.39 is 0 Å². The standard InChI is InChI=1S/C21H23FN4OS/c1-4-26-19(17-8-6-5-7-9-17)24-25-21(26)28-15(3)20(27)23-14(2)16-10-12-18(22)13-11-16/h5-15H,4H2,1-3H3,(H,23,27)/t14-,15-/m1/s1. The molecule has 0 spiro atoms. The van der Waals surface area contributed by atoms with Crippen LogP contribution in [0.5, 0.6) is 0 Å². The molecule has 3 aromatic rings. The molecule has 0 radical (unpaired) electrons. The van der Waals surface area contributed by atoms with Gasteiger partial charge in [0.15, 0.2) is 11.0 Å². The minimum absolute atomic E-state index is 0.103. The third-order valence-electron chi connectivity index (χ3n) is 4.45. The minimum atomic E-state index is -0.346. The highest BCUT2D eigenvalue weighted by Crippen LogP contribution is 2.27. The first-order chi connectivity index (χ1) is 13.5. The second-order valence-corrected chi connectivity index (χ2v) is 7.77. The minimum Gasteiger partial charge on any atom is -0.349 e. The summed E-state index contributed by atoms with van der Waals surface area (Å²) >= 11 is 1.38. The molecule has 2 atom stereocenters. The van der Waals surface area contributed by atoms with Gasteiger partial charge in [-0.15, -0.1) is 10.2 Å². The topological polar surface area (TPSA) is 59.8 Å². The zero-order chi connectivity index (χ0) is 20.1. The molecule has 146 valence electrons. The summed E-state index contributed by atoms with van der Waals surface area (Å²) in [6, 6.07) is 15.8. The zero-order valence-electron chi connectivity index (χ0n) is 16.1. The van der Waals surface area contributed by atoms with E-state index in [0.29, 0.717) is 11.7 Å². The second kappa shape index (κ2) is 9.01. The van der Waals surface area contributed by atoms with Crippen molar-refractivity contribution in [2.24, 2.45) is 0 Å². The van der Waals surface area contributed by atoms with Gasteiger partial charge in [0.05, 0.1) is 11.3 Å². The van der Waals surface area contributed by atoms with Crippen molar-refractivity contribution in [3.8, 4) is 11.4 Å². The number of nitrogens with one attached hydrogen (secondary N) is 1. The molecular weight excluding hydrogens is 375 g/mol. The number of aromatic nitrogens is 3. The van der Waals surface area contributed by atoms with Crippen molar-refractivity contribution < 1.29 is 9.18 Å². The van der Waals surface area contributed by atoms with Crippen LogP contribution in [0.25, 0.3) is 11.4 Å². The van der Waals surface area contributed by atoms with Crippen LogP contribution in [-0.4, -0.2) is 25.9 Å². The fourth-order valence-corrected chi connectivity index (χ4v) is 3.76. The van der Waals surface area contributed by atoms with E-state index in [0.717, 1.165) is 17.0 Å². The first-order valence-electron chi connectivity index (χ1n) is 9.20. The van der Waals surface area contributed by atoms with Gasteiger partial charge in [-0.05, 0) is 38.5 Å². The number of carbonyl (C=O) groups excluding carboxylic acids is 1. The third-order valence-corrected chi connectivity index (χ3v) is 5.53. The molecule has 1 amide bonds. The summed E-state index contributed by atoms with van der Waals surface area (Å²) in [7, 11) is 0. The number of thioether (sulfide) groups is 1. The number of hydrogen-bond acceptors (Lipinski definition) is 4. The van der Waals surface area contributed by atoms with E-state index in [9.17, 15) is 9.18 Å². The molecule has 1 N–H and O–H groups in total. The molecule has 28 heavy (non-hydrogen) atoms. The van der Waals surface area contributed by atoms with E-state index in [1.54, 1.807) is 12.1 Å². The van der Waals surface area contributed by atoms with E-state index in [2.05, 4.69) is 15.5 Å². The Morgan fingerprint density at radius 1 is 1.11 bits per heavy atom. The summed E-state index contributed by atoms with van der Waals surface area (Å²) in [6.07, 6.45) is 0. The highest BCUT2D eigenvalue weighted by atomic mass is 32.2. The van der Waals surface area contributed by atoms with Crippen molar-refractivity contribution in [1.82, 2.24) is 20.1 Å². The van der Waals surface area contributed by atoms with Gasteiger partial charge in [-0.2, -0.15) is 0 Å². The maximum atomic E-state index is 13.1. The first kappa shape index (κ1) is 20.1. The highest BCUT2D eigenvalue weighted by molar-refractivity contribution is 8.00. The lowest BCUT2D eigenvalue weighted by Gasteiger charge is -2.18. The number of carbonyl (C=O) groups is 1. The maximum Gasteiger partial charge on any atom is 0.233 e. The van der Waals surface area contributed by atoms with Gasteiger partial charge in [0, 0.05) is 12.1 Å². The summed E-state index contributed by atoms with van der Waals surface area (Å²) in [5, 5.41) is 11.9. The quantitative estimate of drug-likeness (QED) is 0.597. The van der Waals surface area contributed by atoms with Crippen LogP contribution in [0.2, 0.25) is 0 Å². The van der Waals surface area contributed by atoms with Gasteiger partial charge in [-0.25, -0.2) is 4.39 Å². The van der Waals surface area contributed by atoms with Crippen molar-refractivity contribution in [2.45, 2.75) is 43.8 Å². The van der Waals surface area contributed by atoms with Gasteiger partial charge in [-0.3, -0.25) is 4.79 Å². The maximum absolute atomic E-state index is 13.1. The molecule has 0 aliphatic carbocycles. The summed E-state index contributed by atoms with van der Waals surface area (Å²) < 4.78 is 15.1. The van der Waals surface area contributed by atoms with E-state index in [-0.39, 0.29) is 23.0 Å². The fraction of sp³-hybridized carbons (Fsp3) is 0.286. The summed E-state index contributed by atoms with van der Waals surface area (Å²) in [5.41, 5.74) is 1.85. The molecule has 0 bridgehead atoms. The highest BCUT2D eigenvalue weighted by Gasteiger charge is 2.21. The molecule has 7 heteroatoms. The molecule has 0 aliphatic heterocycles.